The molecule has 2 aliphatic carbocycles. The van der Waals surface area contributed by atoms with Crippen molar-refractivity contribution in [3.05, 3.63) is 70.6 Å². The highest BCUT2D eigenvalue weighted by Gasteiger charge is 2.44. The minimum absolute atomic E-state index is 0.0174. The molecule has 0 N–H and O–H groups in total. The van der Waals surface area contributed by atoms with Gasteiger partial charge in [0.05, 0.1) is 24.7 Å². The van der Waals surface area contributed by atoms with Gasteiger partial charge in [0.15, 0.2) is 6.29 Å². The zero-order valence-electron chi connectivity index (χ0n) is 26.2. The van der Waals surface area contributed by atoms with Crippen LogP contribution in [-0.4, -0.2) is 25.6 Å². The smallest absolute Gasteiger partial charge is 0.400 e. The molecule has 2 aromatic carbocycles. The lowest BCUT2D eigenvalue weighted by molar-refractivity contribution is -0.229. The van der Waals surface area contributed by atoms with Crippen molar-refractivity contribution in [3.63, 3.8) is 0 Å². The highest BCUT2D eigenvalue weighted by atomic mass is 19.3. The summed E-state index contributed by atoms with van der Waals surface area (Å²) in [5.74, 6) is -4.42. The summed E-state index contributed by atoms with van der Waals surface area (Å²) in [7, 11) is 0. The van der Waals surface area contributed by atoms with Crippen LogP contribution in [0.15, 0.2) is 36.4 Å². The van der Waals surface area contributed by atoms with Crippen LogP contribution in [0.25, 0.3) is 6.08 Å². The summed E-state index contributed by atoms with van der Waals surface area (Å²) in [6.45, 7) is 3.71. The van der Waals surface area contributed by atoms with E-state index in [9.17, 15) is 26.3 Å². The molecule has 46 heavy (non-hydrogen) atoms. The Labute approximate surface area is 266 Å². The van der Waals surface area contributed by atoms with Gasteiger partial charge in [-0.2, -0.15) is 17.6 Å². The van der Waals surface area contributed by atoms with Gasteiger partial charge in [0.1, 0.15) is 23.2 Å². The second-order valence-electron chi connectivity index (χ2n) is 13.2. The van der Waals surface area contributed by atoms with Gasteiger partial charge in [0, 0.05) is 30.0 Å². The summed E-state index contributed by atoms with van der Waals surface area (Å²) in [6.07, 6.45) is 2.94. The Morgan fingerprint density at radius 1 is 0.826 bits per heavy atom. The monoisotopic (exact) mass is 656 g/mol. The number of unbranched alkanes of at least 4 members (excludes halogenated alkanes) is 2. The highest BCUT2D eigenvalue weighted by Crippen LogP contribution is 2.45. The summed E-state index contributed by atoms with van der Waals surface area (Å²) in [5.41, 5.74) is 0.419. The summed E-state index contributed by atoms with van der Waals surface area (Å²) in [5, 5.41) is 0. The maximum atomic E-state index is 15.4. The molecule has 0 bridgehead atoms. The molecule has 3 fully saturated rings. The largest absolute Gasteiger partial charge is 0.432 e. The molecule has 2 saturated carbocycles. The fourth-order valence-electron chi connectivity index (χ4n) is 7.38. The SMILES string of the molecule is CCCCCC1COC(C2CCC(c3ccc(C4CCC(C(F)(F)Oc5cc(F)c(C=C(F)F)c(F)c5)CC4)c(F)c3)CC2)OC1. The molecule has 2 aromatic rings. The van der Waals surface area contributed by atoms with E-state index in [0.717, 1.165) is 50.9 Å². The Kier molecular flexibility index (Phi) is 11.7. The summed E-state index contributed by atoms with van der Waals surface area (Å²) in [4.78, 5) is 0. The van der Waals surface area contributed by atoms with Gasteiger partial charge in [-0.3, -0.25) is 0 Å². The fraction of sp³-hybridized carbons (Fsp3) is 0.611. The number of ether oxygens (including phenoxy) is 3. The Morgan fingerprint density at radius 3 is 2.04 bits per heavy atom. The second kappa shape index (κ2) is 15.5. The van der Waals surface area contributed by atoms with Gasteiger partial charge in [-0.15, -0.1) is 0 Å². The topological polar surface area (TPSA) is 27.7 Å². The lowest BCUT2D eigenvalue weighted by Crippen LogP contribution is -2.38. The first kappa shape index (κ1) is 34.7. The zero-order valence-corrected chi connectivity index (χ0v) is 26.2. The second-order valence-corrected chi connectivity index (χ2v) is 13.2. The average molecular weight is 657 g/mol. The van der Waals surface area contributed by atoms with Crippen LogP contribution in [0, 0.1) is 35.2 Å². The van der Waals surface area contributed by atoms with E-state index in [-0.39, 0.29) is 42.9 Å². The van der Waals surface area contributed by atoms with Crippen LogP contribution in [0.2, 0.25) is 0 Å². The van der Waals surface area contributed by atoms with Crippen molar-refractivity contribution < 1.29 is 44.9 Å². The van der Waals surface area contributed by atoms with Crippen LogP contribution in [-0.2, 0) is 9.47 Å². The molecule has 3 nitrogen and oxygen atoms in total. The van der Waals surface area contributed by atoms with Gasteiger partial charge in [-0.05, 0) is 86.8 Å². The zero-order chi connectivity index (χ0) is 32.8. The molecule has 0 unspecified atom stereocenters. The maximum Gasteiger partial charge on any atom is 0.400 e. The van der Waals surface area contributed by atoms with Gasteiger partial charge >= 0.3 is 6.11 Å². The van der Waals surface area contributed by atoms with Gasteiger partial charge in [0.25, 0.3) is 6.08 Å². The summed E-state index contributed by atoms with van der Waals surface area (Å²) >= 11 is 0. The minimum atomic E-state index is -3.75. The van der Waals surface area contributed by atoms with Crippen LogP contribution in [0.4, 0.5) is 30.7 Å². The van der Waals surface area contributed by atoms with E-state index in [4.69, 9.17) is 9.47 Å². The number of alkyl halides is 2. The van der Waals surface area contributed by atoms with Gasteiger partial charge < -0.3 is 14.2 Å². The predicted molar refractivity (Wildman–Crippen MR) is 161 cm³/mol. The van der Waals surface area contributed by atoms with Crippen molar-refractivity contribution in [2.45, 2.75) is 108 Å². The molecular formula is C36H43F7O3. The molecule has 0 radical (unpaired) electrons. The van der Waals surface area contributed by atoms with E-state index in [2.05, 4.69) is 11.7 Å². The van der Waals surface area contributed by atoms with Gasteiger partial charge in [-0.1, -0.05) is 38.3 Å². The quantitative estimate of drug-likeness (QED) is 0.178. The molecule has 0 atom stereocenters. The first-order valence-electron chi connectivity index (χ1n) is 16.6. The first-order chi connectivity index (χ1) is 22.0. The number of hydrogen-bond donors (Lipinski definition) is 0. The Bertz CT molecular complexity index is 1300. The lowest BCUT2D eigenvalue weighted by Gasteiger charge is -2.38. The van der Waals surface area contributed by atoms with E-state index in [1.807, 2.05) is 6.07 Å². The average Bonchev–Trinajstić information content (AvgIpc) is 3.03. The third-order valence-corrected chi connectivity index (χ3v) is 10.1. The van der Waals surface area contributed by atoms with Crippen LogP contribution in [0.5, 0.6) is 5.75 Å². The molecule has 10 heteroatoms. The van der Waals surface area contributed by atoms with Crippen LogP contribution < -0.4 is 4.74 Å². The fourth-order valence-corrected chi connectivity index (χ4v) is 7.38. The Balaban J connectivity index is 1.10. The normalized spacial score (nSPS) is 27.3. The molecule has 0 amide bonds. The van der Waals surface area contributed by atoms with Crippen LogP contribution in [0.1, 0.15) is 112 Å². The number of halogens is 7. The number of hydrogen-bond acceptors (Lipinski definition) is 3. The van der Waals surface area contributed by atoms with Crippen molar-refractivity contribution in [2.24, 2.45) is 17.8 Å². The van der Waals surface area contributed by atoms with Gasteiger partial charge in [0.2, 0.25) is 0 Å². The highest BCUT2D eigenvalue weighted by molar-refractivity contribution is 5.53. The molecule has 1 heterocycles. The predicted octanol–water partition coefficient (Wildman–Crippen LogP) is 11.1. The Hall–Kier alpha value is -2.59. The van der Waals surface area contributed by atoms with E-state index < -0.39 is 41.1 Å². The van der Waals surface area contributed by atoms with Crippen LogP contribution in [0.3, 0.4) is 0 Å². The summed E-state index contributed by atoms with van der Waals surface area (Å²) in [6, 6.07) is 6.25. The van der Waals surface area contributed by atoms with E-state index in [0.29, 0.717) is 42.4 Å². The molecule has 3 aliphatic rings. The Morgan fingerprint density at radius 2 is 1.46 bits per heavy atom. The standard InChI is InChI=1S/C36H43F7O3/c1-2-3-4-5-22-20-44-35(45-21-22)25-8-6-23(7-9-25)26-12-15-29(31(37)16-26)24-10-13-27(14-11-24)36(42,43)46-28-17-32(38)30(19-34(40)41)33(39)18-28/h12,15-19,22-25,27,35H,2-11,13-14,20-21H2,1H3. The molecule has 254 valence electrons. The van der Waals surface area contributed by atoms with Crippen molar-refractivity contribution >= 4 is 6.08 Å². The van der Waals surface area contributed by atoms with Gasteiger partial charge in [-0.25, -0.2) is 13.2 Å². The molecule has 5 rings (SSSR count). The first-order valence-corrected chi connectivity index (χ1v) is 16.6. The third kappa shape index (κ3) is 8.65. The lowest BCUT2D eigenvalue weighted by atomic mass is 9.76. The molecule has 1 aliphatic heterocycles. The number of benzene rings is 2. The van der Waals surface area contributed by atoms with Crippen molar-refractivity contribution in [3.8, 4) is 5.75 Å². The molecule has 1 saturated heterocycles. The van der Waals surface area contributed by atoms with E-state index >= 15 is 4.39 Å². The molecule has 0 aromatic heterocycles. The maximum absolute atomic E-state index is 15.4. The third-order valence-electron chi connectivity index (χ3n) is 10.1. The van der Waals surface area contributed by atoms with Crippen molar-refractivity contribution in [1.29, 1.82) is 0 Å². The molecular weight excluding hydrogens is 613 g/mol. The van der Waals surface area contributed by atoms with Crippen LogP contribution >= 0.6 is 0 Å². The molecule has 0 spiro atoms. The summed E-state index contributed by atoms with van der Waals surface area (Å²) < 4.78 is 115. The van der Waals surface area contributed by atoms with Crippen molar-refractivity contribution in [2.75, 3.05) is 13.2 Å². The van der Waals surface area contributed by atoms with E-state index in [1.54, 1.807) is 12.1 Å². The minimum Gasteiger partial charge on any atom is -0.432 e. The van der Waals surface area contributed by atoms with Crippen molar-refractivity contribution in [1.82, 2.24) is 0 Å². The van der Waals surface area contributed by atoms with E-state index in [1.165, 1.54) is 19.3 Å². The number of rotatable bonds is 11.